The minimum atomic E-state index is 0.0275. The van der Waals surface area contributed by atoms with Gasteiger partial charge in [-0.2, -0.15) is 0 Å². The van der Waals surface area contributed by atoms with Crippen LogP contribution in [0.3, 0.4) is 0 Å². The molecule has 2 aliphatic heterocycles. The summed E-state index contributed by atoms with van der Waals surface area (Å²) in [4.78, 5) is 29.4. The van der Waals surface area contributed by atoms with Gasteiger partial charge in [0, 0.05) is 31.1 Å². The number of likely N-dealkylation sites (tertiary alicyclic amines) is 1. The Morgan fingerprint density at radius 2 is 1.91 bits per heavy atom. The number of carbonyl (C=O) groups excluding carboxylic acids is 1. The second kappa shape index (κ2) is 11.0. The van der Waals surface area contributed by atoms with Gasteiger partial charge in [-0.15, -0.1) is 11.3 Å². The van der Waals surface area contributed by atoms with Gasteiger partial charge >= 0.3 is 0 Å². The molecule has 0 radical (unpaired) electrons. The summed E-state index contributed by atoms with van der Waals surface area (Å²) in [5.41, 5.74) is 2.70. The van der Waals surface area contributed by atoms with Crippen LogP contribution in [0.15, 0.2) is 36.7 Å². The van der Waals surface area contributed by atoms with Gasteiger partial charge in [0.1, 0.15) is 17.0 Å². The van der Waals surface area contributed by atoms with Crippen LogP contribution >= 0.6 is 11.3 Å². The first-order chi connectivity index (χ1) is 17.1. The van der Waals surface area contributed by atoms with E-state index in [1.807, 2.05) is 0 Å². The minimum Gasteiger partial charge on any atom is -0.356 e. The first kappa shape index (κ1) is 24.2. The van der Waals surface area contributed by atoms with Crippen LogP contribution in [0.1, 0.15) is 48.6 Å². The van der Waals surface area contributed by atoms with Crippen molar-refractivity contribution in [2.75, 3.05) is 37.6 Å². The highest BCUT2D eigenvalue weighted by Gasteiger charge is 2.28. The summed E-state index contributed by atoms with van der Waals surface area (Å²) in [6.45, 7) is 10.0. The summed E-state index contributed by atoms with van der Waals surface area (Å²) in [6.07, 6.45) is 6.96. The van der Waals surface area contributed by atoms with Gasteiger partial charge in [0.2, 0.25) is 5.91 Å². The van der Waals surface area contributed by atoms with E-state index in [1.54, 1.807) is 17.7 Å². The lowest BCUT2D eigenvalue weighted by Gasteiger charge is -2.34. The van der Waals surface area contributed by atoms with Gasteiger partial charge in [-0.3, -0.25) is 9.69 Å². The molecule has 1 amide bonds. The number of anilines is 1. The van der Waals surface area contributed by atoms with Crippen molar-refractivity contribution in [2.24, 2.45) is 11.8 Å². The molecule has 1 aromatic carbocycles. The first-order valence-corrected chi connectivity index (χ1v) is 13.9. The van der Waals surface area contributed by atoms with Crippen LogP contribution in [-0.4, -0.2) is 53.5 Å². The summed E-state index contributed by atoms with van der Waals surface area (Å²) >= 11 is 1.75. The van der Waals surface area contributed by atoms with Crippen LogP contribution in [0.2, 0.25) is 0 Å². The molecule has 0 bridgehead atoms. The fourth-order valence-corrected chi connectivity index (χ4v) is 6.32. The highest BCUT2D eigenvalue weighted by molar-refractivity contribution is 7.18. The molecule has 6 nitrogen and oxygen atoms in total. The Morgan fingerprint density at radius 3 is 2.69 bits per heavy atom. The summed E-state index contributed by atoms with van der Waals surface area (Å²) in [7, 11) is 0. The lowest BCUT2D eigenvalue weighted by Crippen LogP contribution is -2.45. The Balaban J connectivity index is 1.11. The van der Waals surface area contributed by atoms with E-state index in [4.69, 9.17) is 0 Å². The molecule has 1 N–H and O–H groups in total. The van der Waals surface area contributed by atoms with E-state index in [9.17, 15) is 4.79 Å². The second-order valence-corrected chi connectivity index (χ2v) is 11.3. The van der Waals surface area contributed by atoms with E-state index in [1.165, 1.54) is 16.0 Å². The van der Waals surface area contributed by atoms with Crippen molar-refractivity contribution in [1.29, 1.82) is 0 Å². The fourth-order valence-electron chi connectivity index (χ4n) is 5.39. The van der Waals surface area contributed by atoms with Crippen molar-refractivity contribution in [1.82, 2.24) is 20.2 Å². The number of amides is 1. The normalized spacial score (nSPS) is 19.8. The molecule has 1 atom stereocenters. The van der Waals surface area contributed by atoms with Crippen LogP contribution in [0.5, 0.6) is 0 Å². The van der Waals surface area contributed by atoms with Crippen molar-refractivity contribution < 1.29 is 4.79 Å². The van der Waals surface area contributed by atoms with Crippen molar-refractivity contribution in [3.8, 4) is 0 Å². The van der Waals surface area contributed by atoms with Gasteiger partial charge in [0.05, 0.1) is 11.3 Å². The second-order valence-electron chi connectivity index (χ2n) is 10.2. The zero-order valence-corrected chi connectivity index (χ0v) is 21.8. The number of nitrogens with zero attached hydrogens (tertiary/aromatic N) is 4. The zero-order valence-electron chi connectivity index (χ0n) is 21.0. The van der Waals surface area contributed by atoms with E-state index < -0.39 is 0 Å². The molecule has 7 heteroatoms. The van der Waals surface area contributed by atoms with Crippen molar-refractivity contribution in [3.63, 3.8) is 0 Å². The third kappa shape index (κ3) is 5.84. The number of rotatable bonds is 7. The molecule has 2 aromatic heterocycles. The average molecular weight is 492 g/mol. The highest BCUT2D eigenvalue weighted by atomic mass is 32.1. The molecule has 2 aliphatic rings. The van der Waals surface area contributed by atoms with E-state index in [2.05, 4.69) is 69.3 Å². The summed E-state index contributed by atoms with van der Waals surface area (Å²) in [5, 5.41) is 4.43. The number of fused-ring (bicyclic) bond motifs is 1. The molecule has 4 heterocycles. The van der Waals surface area contributed by atoms with Crippen LogP contribution < -0.4 is 10.2 Å². The summed E-state index contributed by atoms with van der Waals surface area (Å²) in [6, 6.07) is 11.1. The molecule has 0 spiro atoms. The molecule has 0 aliphatic carbocycles. The number of hydrogen-bond donors (Lipinski definition) is 1. The van der Waals surface area contributed by atoms with Crippen LogP contribution in [-0.2, 0) is 17.8 Å². The van der Waals surface area contributed by atoms with Crippen molar-refractivity contribution in [2.45, 2.75) is 52.5 Å². The lowest BCUT2D eigenvalue weighted by molar-refractivity contribution is -0.125. The summed E-state index contributed by atoms with van der Waals surface area (Å²) < 4.78 is 0. The van der Waals surface area contributed by atoms with Crippen molar-refractivity contribution >= 4 is 33.3 Å². The van der Waals surface area contributed by atoms with Crippen LogP contribution in [0.25, 0.3) is 10.2 Å². The van der Waals surface area contributed by atoms with E-state index in [-0.39, 0.29) is 11.8 Å². The number of carbonyl (C=O) groups is 1. The Labute approximate surface area is 212 Å². The molecule has 2 saturated heterocycles. The monoisotopic (exact) mass is 491 g/mol. The standard InChI is InChI=1S/C28H37N5OS/c1-3-24-15-25-26(30-19-31-28(25)35-24)33-12-4-5-23(18-33)27(34)29-16-21-10-13-32(14-11-21)17-22-8-6-20(2)7-9-22/h6-9,15,19,21,23H,3-5,10-14,16-18H2,1-2H3,(H,29,34)/t23-/m0/s1. The predicted octanol–water partition coefficient (Wildman–Crippen LogP) is 4.81. The number of aromatic nitrogens is 2. The number of benzene rings is 1. The third-order valence-corrected chi connectivity index (χ3v) is 8.79. The Hall–Kier alpha value is -2.51. The number of aryl methyl sites for hydroxylation is 2. The van der Waals surface area contributed by atoms with E-state index >= 15 is 0 Å². The number of thiophene rings is 1. The van der Waals surface area contributed by atoms with E-state index in [0.717, 1.165) is 87.4 Å². The van der Waals surface area contributed by atoms with E-state index in [0.29, 0.717) is 5.92 Å². The quantitative estimate of drug-likeness (QED) is 0.514. The highest BCUT2D eigenvalue weighted by Crippen LogP contribution is 2.32. The van der Waals surface area contributed by atoms with Gasteiger partial charge < -0.3 is 10.2 Å². The molecule has 3 aromatic rings. The molecule has 2 fully saturated rings. The molecular formula is C28H37N5OS. The number of hydrogen-bond acceptors (Lipinski definition) is 6. The molecule has 5 rings (SSSR count). The largest absolute Gasteiger partial charge is 0.356 e. The SMILES string of the molecule is CCc1cc2c(N3CCC[C@H](C(=O)NCC4CCN(Cc5ccc(C)cc5)CC4)C3)ncnc2s1. The Kier molecular flexibility index (Phi) is 7.63. The fraction of sp³-hybridized carbons (Fsp3) is 0.536. The smallest absolute Gasteiger partial charge is 0.224 e. The Morgan fingerprint density at radius 1 is 1.11 bits per heavy atom. The summed E-state index contributed by atoms with van der Waals surface area (Å²) in [5.74, 6) is 1.80. The van der Waals surface area contributed by atoms with Crippen LogP contribution in [0.4, 0.5) is 5.82 Å². The molecule has 35 heavy (non-hydrogen) atoms. The van der Waals surface area contributed by atoms with Gasteiger partial charge in [0.25, 0.3) is 0 Å². The number of nitrogens with one attached hydrogen (secondary N) is 1. The zero-order chi connectivity index (χ0) is 24.2. The van der Waals surface area contributed by atoms with Gasteiger partial charge in [-0.05, 0) is 69.7 Å². The van der Waals surface area contributed by atoms with Crippen molar-refractivity contribution in [3.05, 3.63) is 52.7 Å². The molecule has 0 unspecified atom stereocenters. The molecule has 186 valence electrons. The van der Waals surface area contributed by atoms with Gasteiger partial charge in [-0.25, -0.2) is 9.97 Å². The molecular weight excluding hydrogens is 454 g/mol. The number of piperidine rings is 2. The first-order valence-electron chi connectivity index (χ1n) is 13.1. The van der Waals surface area contributed by atoms with Gasteiger partial charge in [0.15, 0.2) is 0 Å². The average Bonchev–Trinajstić information content (AvgIpc) is 3.33. The maximum absolute atomic E-state index is 13.1. The minimum absolute atomic E-state index is 0.0275. The molecule has 0 saturated carbocycles. The Bertz CT molecular complexity index is 1140. The lowest BCUT2D eigenvalue weighted by atomic mass is 9.94. The van der Waals surface area contributed by atoms with Gasteiger partial charge in [-0.1, -0.05) is 36.8 Å². The predicted molar refractivity (Wildman–Crippen MR) is 144 cm³/mol. The third-order valence-electron chi connectivity index (χ3n) is 7.60. The maximum atomic E-state index is 13.1. The topological polar surface area (TPSA) is 61.4 Å². The maximum Gasteiger partial charge on any atom is 0.224 e. The van der Waals surface area contributed by atoms with Crippen LogP contribution in [0, 0.1) is 18.8 Å².